The predicted molar refractivity (Wildman–Crippen MR) is 69.6 cm³/mol. The predicted octanol–water partition coefficient (Wildman–Crippen LogP) is 2.40. The van der Waals surface area contributed by atoms with Crippen LogP contribution in [0.15, 0.2) is 0 Å². The molecule has 0 aromatic heterocycles. The molecule has 2 heteroatoms. The second-order valence-electron chi connectivity index (χ2n) is 7.16. The third kappa shape index (κ3) is 2.78. The fourth-order valence-corrected chi connectivity index (χ4v) is 2.87. The van der Waals surface area contributed by atoms with Gasteiger partial charge >= 0.3 is 0 Å². The van der Waals surface area contributed by atoms with Crippen molar-refractivity contribution in [2.24, 2.45) is 16.7 Å². The average molecular weight is 224 g/mol. The van der Waals surface area contributed by atoms with E-state index in [0.29, 0.717) is 10.8 Å². The van der Waals surface area contributed by atoms with E-state index >= 15 is 0 Å². The summed E-state index contributed by atoms with van der Waals surface area (Å²) in [5, 5.41) is 7.29. The van der Waals surface area contributed by atoms with E-state index in [9.17, 15) is 0 Å². The lowest BCUT2D eigenvalue weighted by atomic mass is 9.75. The largest absolute Gasteiger partial charge is 0.316 e. The second-order valence-corrected chi connectivity index (χ2v) is 7.16. The molecule has 1 aliphatic heterocycles. The van der Waals surface area contributed by atoms with Gasteiger partial charge in [-0.25, -0.2) is 0 Å². The van der Waals surface area contributed by atoms with Gasteiger partial charge in [0.1, 0.15) is 0 Å². The molecule has 2 nitrogen and oxygen atoms in total. The minimum Gasteiger partial charge on any atom is -0.316 e. The monoisotopic (exact) mass is 224 g/mol. The van der Waals surface area contributed by atoms with Crippen LogP contribution in [0.2, 0.25) is 0 Å². The third-order valence-electron chi connectivity index (χ3n) is 4.72. The minimum atomic E-state index is 0.437. The molecule has 0 radical (unpaired) electrons. The van der Waals surface area contributed by atoms with Crippen LogP contribution in [-0.2, 0) is 0 Å². The second kappa shape index (κ2) is 4.30. The van der Waals surface area contributed by atoms with Crippen LogP contribution in [0.5, 0.6) is 0 Å². The van der Waals surface area contributed by atoms with Crippen LogP contribution >= 0.6 is 0 Å². The van der Waals surface area contributed by atoms with Crippen molar-refractivity contribution in [2.45, 2.75) is 53.0 Å². The van der Waals surface area contributed by atoms with E-state index in [2.05, 4.69) is 38.3 Å². The SMILES string of the molecule is CC(C)(CNC1CC1(C)C)C1CCCNC1. The Morgan fingerprint density at radius 1 is 1.38 bits per heavy atom. The highest BCUT2D eigenvalue weighted by molar-refractivity contribution is 5.02. The topological polar surface area (TPSA) is 24.1 Å². The Labute approximate surface area is 101 Å². The molecule has 1 heterocycles. The molecule has 0 aromatic rings. The molecule has 0 spiro atoms. The molecule has 94 valence electrons. The van der Waals surface area contributed by atoms with Crippen molar-refractivity contribution in [3.63, 3.8) is 0 Å². The van der Waals surface area contributed by atoms with Crippen molar-refractivity contribution in [1.82, 2.24) is 10.6 Å². The van der Waals surface area contributed by atoms with Crippen molar-refractivity contribution in [3.8, 4) is 0 Å². The van der Waals surface area contributed by atoms with E-state index in [1.165, 1.54) is 38.9 Å². The molecule has 0 bridgehead atoms. The first-order chi connectivity index (χ1) is 7.42. The number of rotatable bonds is 4. The van der Waals surface area contributed by atoms with Crippen molar-refractivity contribution >= 4 is 0 Å². The lowest BCUT2D eigenvalue weighted by Crippen LogP contribution is -2.44. The molecule has 2 aliphatic rings. The molecule has 1 aliphatic carbocycles. The molecule has 2 rings (SSSR count). The molecule has 2 unspecified atom stereocenters. The van der Waals surface area contributed by atoms with E-state index in [0.717, 1.165) is 12.0 Å². The Morgan fingerprint density at radius 3 is 2.56 bits per heavy atom. The fraction of sp³-hybridized carbons (Fsp3) is 1.00. The highest BCUT2D eigenvalue weighted by Crippen LogP contribution is 2.45. The summed E-state index contributed by atoms with van der Waals surface area (Å²) in [7, 11) is 0. The van der Waals surface area contributed by atoms with Crippen molar-refractivity contribution in [2.75, 3.05) is 19.6 Å². The number of nitrogens with one attached hydrogen (secondary N) is 2. The highest BCUT2D eigenvalue weighted by Gasteiger charge is 2.46. The zero-order valence-corrected chi connectivity index (χ0v) is 11.4. The van der Waals surface area contributed by atoms with Crippen LogP contribution in [0.3, 0.4) is 0 Å². The number of hydrogen-bond donors (Lipinski definition) is 2. The van der Waals surface area contributed by atoms with Gasteiger partial charge in [0.05, 0.1) is 0 Å². The number of hydrogen-bond acceptors (Lipinski definition) is 2. The van der Waals surface area contributed by atoms with Gasteiger partial charge in [0.2, 0.25) is 0 Å². The van der Waals surface area contributed by atoms with Gasteiger partial charge in [0.15, 0.2) is 0 Å². The summed E-state index contributed by atoms with van der Waals surface area (Å²) in [6.07, 6.45) is 4.10. The number of piperidine rings is 1. The van der Waals surface area contributed by atoms with Crippen molar-refractivity contribution in [3.05, 3.63) is 0 Å². The Kier molecular flexibility index (Phi) is 3.33. The molecule has 1 saturated carbocycles. The average Bonchev–Trinajstić information content (AvgIpc) is 2.85. The Bertz CT molecular complexity index is 239. The molecule has 1 saturated heterocycles. The standard InChI is InChI=1S/C14H28N2/c1-13(2)8-12(13)16-10-14(3,4)11-6-5-7-15-9-11/h11-12,15-16H,5-10H2,1-4H3. The van der Waals surface area contributed by atoms with Gasteiger partial charge in [-0.2, -0.15) is 0 Å². The van der Waals surface area contributed by atoms with Crippen LogP contribution in [0, 0.1) is 16.7 Å². The van der Waals surface area contributed by atoms with E-state index in [4.69, 9.17) is 0 Å². The molecule has 2 N–H and O–H groups in total. The zero-order valence-electron chi connectivity index (χ0n) is 11.4. The summed E-state index contributed by atoms with van der Waals surface area (Å²) in [4.78, 5) is 0. The maximum Gasteiger partial charge on any atom is 0.0125 e. The van der Waals surface area contributed by atoms with E-state index in [1.54, 1.807) is 0 Å². The zero-order chi connectivity index (χ0) is 11.8. The Hall–Kier alpha value is -0.0800. The molecule has 16 heavy (non-hydrogen) atoms. The maximum atomic E-state index is 3.76. The minimum absolute atomic E-state index is 0.437. The Morgan fingerprint density at radius 2 is 2.06 bits per heavy atom. The van der Waals surface area contributed by atoms with Gasteiger partial charge in [-0.3, -0.25) is 0 Å². The van der Waals surface area contributed by atoms with Crippen LogP contribution < -0.4 is 10.6 Å². The summed E-state index contributed by atoms with van der Waals surface area (Å²) < 4.78 is 0. The van der Waals surface area contributed by atoms with Gasteiger partial charge in [0, 0.05) is 12.6 Å². The lowest BCUT2D eigenvalue weighted by Gasteiger charge is -2.37. The Balaban J connectivity index is 1.78. The normalized spacial score (nSPS) is 33.8. The van der Waals surface area contributed by atoms with Gasteiger partial charge in [0.25, 0.3) is 0 Å². The molecule has 0 amide bonds. The quantitative estimate of drug-likeness (QED) is 0.766. The summed E-state index contributed by atoms with van der Waals surface area (Å²) in [5.41, 5.74) is 0.993. The van der Waals surface area contributed by atoms with Crippen LogP contribution in [0.1, 0.15) is 47.0 Å². The van der Waals surface area contributed by atoms with E-state index in [-0.39, 0.29) is 0 Å². The first-order valence-corrected chi connectivity index (χ1v) is 6.86. The van der Waals surface area contributed by atoms with E-state index < -0.39 is 0 Å². The summed E-state index contributed by atoms with van der Waals surface area (Å²) >= 11 is 0. The van der Waals surface area contributed by atoms with Crippen LogP contribution in [-0.4, -0.2) is 25.7 Å². The lowest BCUT2D eigenvalue weighted by molar-refractivity contribution is 0.164. The van der Waals surface area contributed by atoms with Gasteiger partial charge < -0.3 is 10.6 Å². The smallest absolute Gasteiger partial charge is 0.0125 e. The summed E-state index contributed by atoms with van der Waals surface area (Å²) in [5.74, 6) is 0.843. The third-order valence-corrected chi connectivity index (χ3v) is 4.72. The van der Waals surface area contributed by atoms with Crippen molar-refractivity contribution in [1.29, 1.82) is 0 Å². The van der Waals surface area contributed by atoms with Gasteiger partial charge in [-0.15, -0.1) is 0 Å². The van der Waals surface area contributed by atoms with Crippen LogP contribution in [0.4, 0.5) is 0 Å². The van der Waals surface area contributed by atoms with E-state index in [1.807, 2.05) is 0 Å². The maximum absolute atomic E-state index is 3.76. The van der Waals surface area contributed by atoms with Crippen molar-refractivity contribution < 1.29 is 0 Å². The van der Waals surface area contributed by atoms with Gasteiger partial charge in [-0.1, -0.05) is 27.7 Å². The van der Waals surface area contributed by atoms with Gasteiger partial charge in [-0.05, 0) is 49.1 Å². The highest BCUT2D eigenvalue weighted by atomic mass is 15.0. The first-order valence-electron chi connectivity index (χ1n) is 6.86. The summed E-state index contributed by atoms with van der Waals surface area (Å²) in [6, 6.07) is 0.767. The van der Waals surface area contributed by atoms with Crippen LogP contribution in [0.25, 0.3) is 0 Å². The molecule has 2 atom stereocenters. The molecular weight excluding hydrogens is 196 g/mol. The molecule has 2 fully saturated rings. The first kappa shape index (κ1) is 12.4. The fourth-order valence-electron chi connectivity index (χ4n) is 2.87. The molecule has 0 aromatic carbocycles. The molecular formula is C14H28N2. The summed E-state index contributed by atoms with van der Waals surface area (Å²) in [6.45, 7) is 13.2.